The van der Waals surface area contributed by atoms with Gasteiger partial charge in [-0.15, -0.1) is 0 Å². The maximum Gasteiger partial charge on any atom is 0.0360 e. The lowest BCUT2D eigenvalue weighted by Gasteiger charge is -2.14. The topological polar surface area (TPSA) is 38.0 Å². The average molecular weight is 190 g/mol. The number of hydrogen-bond acceptors (Lipinski definition) is 2. The Morgan fingerprint density at radius 3 is 2.79 bits per heavy atom. The predicted molar refractivity (Wildman–Crippen MR) is 61.3 cm³/mol. The molecule has 2 nitrogen and oxygen atoms in total. The first-order valence-corrected chi connectivity index (χ1v) is 5.33. The van der Waals surface area contributed by atoms with E-state index in [0.29, 0.717) is 5.41 Å². The van der Waals surface area contributed by atoms with Crippen molar-refractivity contribution in [2.45, 2.75) is 26.2 Å². The van der Waals surface area contributed by atoms with Crippen LogP contribution in [0.1, 0.15) is 26.2 Å². The molecule has 0 amide bonds. The van der Waals surface area contributed by atoms with Gasteiger partial charge < -0.3 is 11.1 Å². The summed E-state index contributed by atoms with van der Waals surface area (Å²) in [5.41, 5.74) is 8.27. The van der Waals surface area contributed by atoms with Crippen molar-refractivity contribution in [3.63, 3.8) is 0 Å². The van der Waals surface area contributed by atoms with Crippen molar-refractivity contribution in [3.8, 4) is 0 Å². The molecular formula is C12H18N2. The maximum absolute atomic E-state index is 5.71. The van der Waals surface area contributed by atoms with Crippen molar-refractivity contribution in [1.82, 2.24) is 0 Å². The number of nitrogen functional groups attached to an aromatic ring is 1. The number of rotatable bonds is 4. The van der Waals surface area contributed by atoms with Crippen molar-refractivity contribution >= 4 is 11.4 Å². The zero-order valence-corrected chi connectivity index (χ0v) is 8.72. The van der Waals surface area contributed by atoms with Crippen LogP contribution in [0.5, 0.6) is 0 Å². The minimum absolute atomic E-state index is 0.588. The Hall–Kier alpha value is -1.18. The fourth-order valence-corrected chi connectivity index (χ4v) is 1.77. The molecule has 0 aliphatic heterocycles. The highest BCUT2D eigenvalue weighted by Crippen LogP contribution is 2.48. The molecule has 3 N–H and O–H groups in total. The number of benzene rings is 1. The van der Waals surface area contributed by atoms with E-state index in [9.17, 15) is 0 Å². The summed E-state index contributed by atoms with van der Waals surface area (Å²) in [6.07, 6.45) is 4.03. The van der Waals surface area contributed by atoms with Crippen LogP contribution in [0.25, 0.3) is 0 Å². The van der Waals surface area contributed by atoms with Gasteiger partial charge >= 0.3 is 0 Å². The molecule has 0 bridgehead atoms. The van der Waals surface area contributed by atoms with Crippen molar-refractivity contribution in [2.75, 3.05) is 17.6 Å². The second kappa shape index (κ2) is 3.52. The van der Waals surface area contributed by atoms with E-state index >= 15 is 0 Å². The van der Waals surface area contributed by atoms with Crippen LogP contribution in [0.4, 0.5) is 11.4 Å². The highest BCUT2D eigenvalue weighted by molar-refractivity contribution is 5.54. The van der Waals surface area contributed by atoms with Crippen LogP contribution in [0.3, 0.4) is 0 Å². The molecule has 0 heterocycles. The average Bonchev–Trinajstić information content (AvgIpc) is 2.96. The maximum atomic E-state index is 5.71. The third-order valence-corrected chi connectivity index (χ3v) is 3.26. The van der Waals surface area contributed by atoms with E-state index in [0.717, 1.165) is 17.9 Å². The molecule has 76 valence electrons. The molecule has 1 aliphatic carbocycles. The monoisotopic (exact) mass is 190 g/mol. The Morgan fingerprint density at radius 1 is 1.43 bits per heavy atom. The van der Waals surface area contributed by atoms with Crippen LogP contribution in [0.2, 0.25) is 0 Å². The molecule has 0 aromatic heterocycles. The lowest BCUT2D eigenvalue weighted by atomic mass is 10.0. The van der Waals surface area contributed by atoms with Gasteiger partial charge in [-0.25, -0.2) is 0 Å². The third-order valence-electron chi connectivity index (χ3n) is 3.26. The first-order chi connectivity index (χ1) is 6.74. The van der Waals surface area contributed by atoms with Crippen LogP contribution < -0.4 is 11.1 Å². The number of nitrogens with two attached hydrogens (primary N) is 1. The lowest BCUT2D eigenvalue weighted by Crippen LogP contribution is -2.14. The molecule has 0 radical (unpaired) electrons. The minimum atomic E-state index is 0.588. The van der Waals surface area contributed by atoms with Gasteiger partial charge in [0.15, 0.2) is 0 Å². The molecule has 1 aromatic rings. The van der Waals surface area contributed by atoms with Gasteiger partial charge in [0.2, 0.25) is 0 Å². The van der Waals surface area contributed by atoms with Crippen molar-refractivity contribution in [1.29, 1.82) is 0 Å². The summed E-state index contributed by atoms with van der Waals surface area (Å²) in [6.45, 7) is 3.36. The highest BCUT2D eigenvalue weighted by Gasteiger charge is 2.40. The first-order valence-electron chi connectivity index (χ1n) is 5.33. The standard InChI is InChI=1S/C12H18N2/c1-2-12(6-7-12)9-14-11-5-3-4-10(13)8-11/h3-5,8,14H,2,6-7,9,13H2,1H3. The number of hydrogen-bond donors (Lipinski definition) is 2. The van der Waals surface area contributed by atoms with Crippen LogP contribution in [0, 0.1) is 5.41 Å². The molecular weight excluding hydrogens is 172 g/mol. The van der Waals surface area contributed by atoms with Gasteiger partial charge in [-0.2, -0.15) is 0 Å². The van der Waals surface area contributed by atoms with Gasteiger partial charge in [-0.3, -0.25) is 0 Å². The summed E-state index contributed by atoms with van der Waals surface area (Å²) in [5.74, 6) is 0. The molecule has 0 unspecified atom stereocenters. The third kappa shape index (κ3) is 2.00. The van der Waals surface area contributed by atoms with Crippen molar-refractivity contribution < 1.29 is 0 Å². The molecule has 0 spiro atoms. The molecule has 2 rings (SSSR count). The Balaban J connectivity index is 1.92. The van der Waals surface area contributed by atoms with Gasteiger partial charge in [-0.05, 0) is 42.9 Å². The van der Waals surface area contributed by atoms with Gasteiger partial charge in [0.25, 0.3) is 0 Å². The van der Waals surface area contributed by atoms with Crippen LogP contribution >= 0.6 is 0 Å². The summed E-state index contributed by atoms with van der Waals surface area (Å²) in [5, 5.41) is 3.46. The predicted octanol–water partition coefficient (Wildman–Crippen LogP) is 2.87. The quantitative estimate of drug-likeness (QED) is 0.716. The Labute approximate surface area is 85.5 Å². The van der Waals surface area contributed by atoms with E-state index in [2.05, 4.69) is 18.3 Å². The number of anilines is 2. The number of nitrogens with one attached hydrogen (secondary N) is 1. The van der Waals surface area contributed by atoms with Crippen LogP contribution in [-0.2, 0) is 0 Å². The molecule has 2 heteroatoms. The summed E-state index contributed by atoms with van der Waals surface area (Å²) in [4.78, 5) is 0. The molecule has 0 saturated heterocycles. The summed E-state index contributed by atoms with van der Waals surface area (Å²) in [7, 11) is 0. The Morgan fingerprint density at radius 2 is 2.21 bits per heavy atom. The normalized spacial score (nSPS) is 17.8. The van der Waals surface area contributed by atoms with E-state index in [4.69, 9.17) is 5.73 Å². The Kier molecular flexibility index (Phi) is 2.36. The SMILES string of the molecule is CCC1(CNc2cccc(N)c2)CC1. The van der Waals surface area contributed by atoms with Gasteiger partial charge in [0.1, 0.15) is 0 Å². The second-order valence-electron chi connectivity index (χ2n) is 4.33. The highest BCUT2D eigenvalue weighted by atomic mass is 14.9. The van der Waals surface area contributed by atoms with E-state index < -0.39 is 0 Å². The fourth-order valence-electron chi connectivity index (χ4n) is 1.77. The van der Waals surface area contributed by atoms with E-state index in [-0.39, 0.29) is 0 Å². The van der Waals surface area contributed by atoms with E-state index in [1.165, 1.54) is 19.3 Å². The smallest absolute Gasteiger partial charge is 0.0360 e. The molecule has 1 aliphatic rings. The van der Waals surface area contributed by atoms with Crippen molar-refractivity contribution in [3.05, 3.63) is 24.3 Å². The zero-order chi connectivity index (χ0) is 10.0. The molecule has 1 saturated carbocycles. The first kappa shape index (κ1) is 9.38. The largest absolute Gasteiger partial charge is 0.399 e. The second-order valence-corrected chi connectivity index (χ2v) is 4.33. The lowest BCUT2D eigenvalue weighted by molar-refractivity contribution is 0.521. The Bertz CT molecular complexity index is 316. The van der Waals surface area contributed by atoms with Crippen molar-refractivity contribution in [2.24, 2.45) is 5.41 Å². The molecule has 1 fully saturated rings. The molecule has 0 atom stereocenters. The summed E-state index contributed by atoms with van der Waals surface area (Å²) >= 11 is 0. The fraction of sp³-hybridized carbons (Fsp3) is 0.500. The van der Waals surface area contributed by atoms with E-state index in [1.807, 2.05) is 18.2 Å². The summed E-state index contributed by atoms with van der Waals surface area (Å²) in [6, 6.07) is 7.97. The van der Waals surface area contributed by atoms with E-state index in [1.54, 1.807) is 0 Å². The molecule has 14 heavy (non-hydrogen) atoms. The van der Waals surface area contributed by atoms with Gasteiger partial charge in [-0.1, -0.05) is 13.0 Å². The zero-order valence-electron chi connectivity index (χ0n) is 8.72. The summed E-state index contributed by atoms with van der Waals surface area (Å²) < 4.78 is 0. The van der Waals surface area contributed by atoms with Crippen LogP contribution in [0.15, 0.2) is 24.3 Å². The molecule has 1 aromatic carbocycles. The minimum Gasteiger partial charge on any atom is -0.399 e. The van der Waals surface area contributed by atoms with Crippen LogP contribution in [-0.4, -0.2) is 6.54 Å². The van der Waals surface area contributed by atoms with Gasteiger partial charge in [0.05, 0.1) is 0 Å². The van der Waals surface area contributed by atoms with Gasteiger partial charge in [0, 0.05) is 17.9 Å².